The molecule has 0 atom stereocenters. The van der Waals surface area contributed by atoms with Crippen molar-refractivity contribution in [3.63, 3.8) is 0 Å². The molecule has 0 radical (unpaired) electrons. The first-order valence-electron chi connectivity index (χ1n) is 10.6. The van der Waals surface area contributed by atoms with Gasteiger partial charge in [-0.15, -0.1) is 0 Å². The number of amides is 1. The molecule has 0 saturated carbocycles. The van der Waals surface area contributed by atoms with Gasteiger partial charge in [0, 0.05) is 56.4 Å². The summed E-state index contributed by atoms with van der Waals surface area (Å²) in [5, 5.41) is 7.45. The van der Waals surface area contributed by atoms with E-state index in [2.05, 4.69) is 23.4 Å². The first kappa shape index (κ1) is 21.4. The van der Waals surface area contributed by atoms with Crippen LogP contribution in [0.15, 0.2) is 65.7 Å². The van der Waals surface area contributed by atoms with Crippen LogP contribution in [-0.4, -0.2) is 40.7 Å². The molecule has 0 fully saturated rings. The molecule has 0 saturated heterocycles. The Morgan fingerprint density at radius 1 is 1.03 bits per heavy atom. The minimum absolute atomic E-state index is 0.138. The number of rotatable bonds is 6. The highest BCUT2D eigenvalue weighted by Crippen LogP contribution is 2.23. The number of fused-ring (bicyclic) bond motifs is 1. The van der Waals surface area contributed by atoms with Gasteiger partial charge in [-0.05, 0) is 49.7 Å². The van der Waals surface area contributed by atoms with E-state index in [9.17, 15) is 9.59 Å². The Bertz CT molecular complexity index is 1330. The van der Waals surface area contributed by atoms with Crippen molar-refractivity contribution >= 4 is 17.1 Å². The SMILES string of the molecule is Cc1ccc(-c2cc3c(=O)n(CCNC(=O)c4ccc(N(C)C)cc4)ccn3n2)c(C)c1. The Morgan fingerprint density at radius 2 is 1.78 bits per heavy atom. The van der Waals surface area contributed by atoms with Crippen LogP contribution >= 0.6 is 0 Å². The Labute approximate surface area is 186 Å². The standard InChI is InChI=1S/C25H27N5O2/c1-17-5-10-21(18(2)15-17)22-16-23-25(32)29(13-14-30(23)27-22)12-11-26-24(31)19-6-8-20(9-7-19)28(3)4/h5-10,13-16H,11-12H2,1-4H3,(H,26,31). The van der Waals surface area contributed by atoms with E-state index in [-0.39, 0.29) is 11.5 Å². The molecule has 0 aliphatic carbocycles. The Hall–Kier alpha value is -3.87. The highest BCUT2D eigenvalue weighted by molar-refractivity contribution is 5.94. The molecule has 0 bridgehead atoms. The van der Waals surface area contributed by atoms with E-state index in [0.717, 1.165) is 22.5 Å². The van der Waals surface area contributed by atoms with Crippen molar-refractivity contribution in [3.8, 4) is 11.3 Å². The number of benzene rings is 2. The maximum atomic E-state index is 12.9. The highest BCUT2D eigenvalue weighted by atomic mass is 16.1. The molecule has 0 unspecified atom stereocenters. The van der Waals surface area contributed by atoms with Crippen molar-refractivity contribution in [2.75, 3.05) is 25.5 Å². The van der Waals surface area contributed by atoms with Crippen molar-refractivity contribution in [2.45, 2.75) is 20.4 Å². The lowest BCUT2D eigenvalue weighted by molar-refractivity contribution is 0.0952. The summed E-state index contributed by atoms with van der Waals surface area (Å²) >= 11 is 0. The second-order valence-corrected chi connectivity index (χ2v) is 8.17. The fourth-order valence-corrected chi connectivity index (χ4v) is 3.74. The molecule has 2 heterocycles. The molecular weight excluding hydrogens is 402 g/mol. The van der Waals surface area contributed by atoms with Gasteiger partial charge in [-0.3, -0.25) is 9.59 Å². The summed E-state index contributed by atoms with van der Waals surface area (Å²) in [7, 11) is 3.91. The van der Waals surface area contributed by atoms with Gasteiger partial charge in [0.05, 0.1) is 5.69 Å². The van der Waals surface area contributed by atoms with Gasteiger partial charge in [0.25, 0.3) is 11.5 Å². The van der Waals surface area contributed by atoms with Crippen molar-refractivity contribution in [2.24, 2.45) is 0 Å². The number of anilines is 1. The molecule has 2 aromatic carbocycles. The van der Waals surface area contributed by atoms with E-state index in [1.165, 1.54) is 5.56 Å². The average molecular weight is 430 g/mol. The van der Waals surface area contributed by atoms with Crippen LogP contribution in [0.1, 0.15) is 21.5 Å². The minimum Gasteiger partial charge on any atom is -0.378 e. The molecule has 1 amide bonds. The molecule has 4 aromatic rings. The monoisotopic (exact) mass is 429 g/mol. The second kappa shape index (κ2) is 8.70. The van der Waals surface area contributed by atoms with Gasteiger partial charge < -0.3 is 14.8 Å². The lowest BCUT2D eigenvalue weighted by Crippen LogP contribution is -2.31. The normalized spacial score (nSPS) is 11.0. The largest absolute Gasteiger partial charge is 0.378 e. The summed E-state index contributed by atoms with van der Waals surface area (Å²) in [5.41, 5.74) is 6.08. The smallest absolute Gasteiger partial charge is 0.276 e. The molecule has 0 aliphatic rings. The van der Waals surface area contributed by atoms with Crippen molar-refractivity contribution in [3.05, 3.63) is 88.0 Å². The van der Waals surface area contributed by atoms with Crippen molar-refractivity contribution in [1.82, 2.24) is 19.5 Å². The lowest BCUT2D eigenvalue weighted by atomic mass is 10.0. The van der Waals surface area contributed by atoms with Crippen LogP contribution in [-0.2, 0) is 6.54 Å². The number of aromatic nitrogens is 3. The van der Waals surface area contributed by atoms with Gasteiger partial charge in [0.2, 0.25) is 0 Å². The summed E-state index contributed by atoms with van der Waals surface area (Å²) in [4.78, 5) is 27.3. The number of hydrogen-bond acceptors (Lipinski definition) is 4. The summed E-state index contributed by atoms with van der Waals surface area (Å²) in [5.74, 6) is -0.161. The molecule has 7 nitrogen and oxygen atoms in total. The van der Waals surface area contributed by atoms with E-state index in [1.807, 2.05) is 56.3 Å². The zero-order valence-corrected chi connectivity index (χ0v) is 18.8. The first-order chi connectivity index (χ1) is 15.3. The van der Waals surface area contributed by atoms with E-state index >= 15 is 0 Å². The van der Waals surface area contributed by atoms with Gasteiger partial charge in [0.1, 0.15) is 5.52 Å². The number of carbonyl (C=O) groups excluding carboxylic acids is 1. The summed E-state index contributed by atoms with van der Waals surface area (Å²) in [6.45, 7) is 4.82. The third kappa shape index (κ3) is 4.27. The average Bonchev–Trinajstić information content (AvgIpc) is 3.20. The van der Waals surface area contributed by atoms with Crippen LogP contribution in [0.25, 0.3) is 16.8 Å². The minimum atomic E-state index is -0.161. The van der Waals surface area contributed by atoms with Gasteiger partial charge in [-0.25, -0.2) is 4.52 Å². The second-order valence-electron chi connectivity index (χ2n) is 8.17. The molecule has 2 aromatic heterocycles. The number of nitrogens with zero attached hydrogens (tertiary/aromatic N) is 4. The Balaban J connectivity index is 1.47. The zero-order valence-electron chi connectivity index (χ0n) is 18.8. The van der Waals surface area contributed by atoms with Crippen LogP contribution in [0.2, 0.25) is 0 Å². The van der Waals surface area contributed by atoms with Crippen LogP contribution in [0, 0.1) is 13.8 Å². The van der Waals surface area contributed by atoms with Crippen LogP contribution < -0.4 is 15.8 Å². The predicted octanol–water partition coefficient (Wildman–Crippen LogP) is 3.28. The maximum Gasteiger partial charge on any atom is 0.276 e. The van der Waals surface area contributed by atoms with Crippen molar-refractivity contribution < 1.29 is 4.79 Å². The summed E-state index contributed by atoms with van der Waals surface area (Å²) in [6, 6.07) is 15.4. The van der Waals surface area contributed by atoms with Gasteiger partial charge in [-0.1, -0.05) is 23.8 Å². The topological polar surface area (TPSA) is 71.6 Å². The van der Waals surface area contributed by atoms with E-state index < -0.39 is 0 Å². The van der Waals surface area contributed by atoms with Gasteiger partial charge in [-0.2, -0.15) is 5.10 Å². The van der Waals surface area contributed by atoms with Crippen LogP contribution in [0.3, 0.4) is 0 Å². The van der Waals surface area contributed by atoms with E-state index in [4.69, 9.17) is 0 Å². The third-order valence-electron chi connectivity index (χ3n) is 5.55. The van der Waals surface area contributed by atoms with E-state index in [1.54, 1.807) is 33.6 Å². The van der Waals surface area contributed by atoms with Crippen LogP contribution in [0.4, 0.5) is 5.69 Å². The van der Waals surface area contributed by atoms with Crippen LogP contribution in [0.5, 0.6) is 0 Å². The number of hydrogen-bond donors (Lipinski definition) is 1. The van der Waals surface area contributed by atoms with Gasteiger partial charge in [0.15, 0.2) is 0 Å². The molecular formula is C25H27N5O2. The predicted molar refractivity (Wildman–Crippen MR) is 127 cm³/mol. The molecule has 164 valence electrons. The first-order valence-corrected chi connectivity index (χ1v) is 10.6. The summed E-state index contributed by atoms with van der Waals surface area (Å²) < 4.78 is 3.20. The van der Waals surface area contributed by atoms with Crippen molar-refractivity contribution in [1.29, 1.82) is 0 Å². The van der Waals surface area contributed by atoms with E-state index in [0.29, 0.717) is 24.2 Å². The molecule has 0 spiro atoms. The molecule has 0 aliphatic heterocycles. The highest BCUT2D eigenvalue weighted by Gasteiger charge is 2.11. The van der Waals surface area contributed by atoms with Gasteiger partial charge >= 0.3 is 0 Å². The molecule has 1 N–H and O–H groups in total. The number of nitrogens with one attached hydrogen (secondary N) is 1. The Morgan fingerprint density at radius 3 is 2.47 bits per heavy atom. The third-order valence-corrected chi connectivity index (χ3v) is 5.55. The summed E-state index contributed by atoms with van der Waals surface area (Å²) in [6.07, 6.45) is 3.47. The number of aryl methyl sites for hydroxylation is 2. The molecule has 32 heavy (non-hydrogen) atoms. The quantitative estimate of drug-likeness (QED) is 0.511. The lowest BCUT2D eigenvalue weighted by Gasteiger charge is -2.12. The maximum absolute atomic E-state index is 12.9. The Kier molecular flexibility index (Phi) is 5.81. The fraction of sp³-hybridized carbons (Fsp3) is 0.240. The number of carbonyl (C=O) groups is 1. The fourth-order valence-electron chi connectivity index (χ4n) is 3.74. The zero-order chi connectivity index (χ0) is 22.8. The molecule has 4 rings (SSSR count). The molecule has 7 heteroatoms.